The molecule has 4 nitrogen and oxygen atoms in total. The van der Waals surface area contributed by atoms with Crippen molar-refractivity contribution in [2.75, 3.05) is 13.6 Å². The summed E-state index contributed by atoms with van der Waals surface area (Å²) in [6.07, 6.45) is 5.84. The van der Waals surface area contributed by atoms with Crippen molar-refractivity contribution in [3.63, 3.8) is 0 Å². The number of aryl methyl sites for hydroxylation is 2. The predicted octanol–water partition coefficient (Wildman–Crippen LogP) is 2.32. The average Bonchev–Trinajstić information content (AvgIpc) is 2.70. The molecule has 0 aliphatic heterocycles. The zero-order valence-electron chi connectivity index (χ0n) is 10.8. The van der Waals surface area contributed by atoms with Crippen LogP contribution in [0.3, 0.4) is 0 Å². The highest BCUT2D eigenvalue weighted by Crippen LogP contribution is 2.27. The number of nitrogens with zero attached hydrogens (tertiary/aromatic N) is 2. The third-order valence-electron chi connectivity index (χ3n) is 3.23. The first-order valence-corrected chi connectivity index (χ1v) is 7.34. The highest BCUT2D eigenvalue weighted by atomic mass is 32.1. The number of fused-ring (bicyclic) bond motifs is 1. The monoisotopic (exact) mass is 268 g/mol. The topological polar surface area (TPSA) is 53.4 Å². The second-order valence-corrected chi connectivity index (χ2v) is 6.09. The maximum atomic E-state index is 10.4. The normalized spacial score (nSPS) is 14.8. The summed E-state index contributed by atoms with van der Waals surface area (Å²) in [6, 6.07) is 0. The largest absolute Gasteiger partial charge is 0.481 e. The maximum absolute atomic E-state index is 10.4. The van der Waals surface area contributed by atoms with Gasteiger partial charge in [-0.1, -0.05) is 0 Å². The lowest BCUT2D eigenvalue weighted by atomic mass is 10.0. The van der Waals surface area contributed by atoms with E-state index in [1.54, 1.807) is 0 Å². The second-order valence-electron chi connectivity index (χ2n) is 4.92. The summed E-state index contributed by atoms with van der Waals surface area (Å²) >= 11 is 1.83. The Hall–Kier alpha value is -0.940. The molecule has 1 aliphatic carbocycles. The SMILES string of the molecule is CN(CCCC(=O)O)Cc1nc2c(s1)CCCC2. The number of aromatic nitrogens is 1. The van der Waals surface area contributed by atoms with Crippen LogP contribution in [0.5, 0.6) is 0 Å². The highest BCUT2D eigenvalue weighted by Gasteiger charge is 2.15. The molecule has 2 rings (SSSR count). The van der Waals surface area contributed by atoms with Crippen molar-refractivity contribution in [2.24, 2.45) is 0 Å². The van der Waals surface area contributed by atoms with Gasteiger partial charge >= 0.3 is 5.97 Å². The molecule has 0 aromatic carbocycles. The quantitative estimate of drug-likeness (QED) is 0.860. The number of hydrogen-bond donors (Lipinski definition) is 1. The van der Waals surface area contributed by atoms with Crippen molar-refractivity contribution in [1.82, 2.24) is 9.88 Å². The Balaban J connectivity index is 1.81. The van der Waals surface area contributed by atoms with Crippen LogP contribution in [0.1, 0.15) is 41.3 Å². The van der Waals surface area contributed by atoms with Crippen molar-refractivity contribution in [3.05, 3.63) is 15.6 Å². The molecule has 0 fully saturated rings. The fourth-order valence-electron chi connectivity index (χ4n) is 2.28. The lowest BCUT2D eigenvalue weighted by molar-refractivity contribution is -0.137. The molecule has 1 aromatic rings. The zero-order valence-corrected chi connectivity index (χ0v) is 11.6. The van der Waals surface area contributed by atoms with Gasteiger partial charge in [-0.25, -0.2) is 4.98 Å². The smallest absolute Gasteiger partial charge is 0.303 e. The van der Waals surface area contributed by atoms with Crippen LogP contribution >= 0.6 is 11.3 Å². The van der Waals surface area contributed by atoms with E-state index >= 15 is 0 Å². The van der Waals surface area contributed by atoms with Crippen molar-refractivity contribution in [2.45, 2.75) is 45.1 Å². The summed E-state index contributed by atoms with van der Waals surface area (Å²) in [5, 5.41) is 9.78. The fraction of sp³-hybridized carbons (Fsp3) is 0.692. The van der Waals surface area contributed by atoms with Gasteiger partial charge in [0.05, 0.1) is 12.2 Å². The number of carboxylic acids is 1. The summed E-state index contributed by atoms with van der Waals surface area (Å²) in [4.78, 5) is 18.8. The summed E-state index contributed by atoms with van der Waals surface area (Å²) < 4.78 is 0. The Morgan fingerprint density at radius 2 is 2.22 bits per heavy atom. The molecule has 0 spiro atoms. The number of carboxylic acid groups (broad SMARTS) is 1. The van der Waals surface area contributed by atoms with Gasteiger partial charge in [0.25, 0.3) is 0 Å². The van der Waals surface area contributed by atoms with Crippen LogP contribution in [0.25, 0.3) is 0 Å². The van der Waals surface area contributed by atoms with Crippen LogP contribution < -0.4 is 0 Å². The van der Waals surface area contributed by atoms with E-state index in [1.807, 2.05) is 18.4 Å². The molecule has 0 radical (unpaired) electrons. The van der Waals surface area contributed by atoms with Crippen LogP contribution in [-0.2, 0) is 24.2 Å². The molecule has 0 saturated heterocycles. The molecule has 0 amide bonds. The predicted molar refractivity (Wildman–Crippen MR) is 72.0 cm³/mol. The fourth-order valence-corrected chi connectivity index (χ4v) is 3.52. The average molecular weight is 268 g/mol. The van der Waals surface area contributed by atoms with E-state index in [2.05, 4.69) is 4.90 Å². The van der Waals surface area contributed by atoms with Crippen molar-refractivity contribution in [1.29, 1.82) is 0 Å². The molecule has 0 saturated carbocycles. The van der Waals surface area contributed by atoms with Crippen LogP contribution in [0.2, 0.25) is 0 Å². The number of hydrogen-bond acceptors (Lipinski definition) is 4. The van der Waals surface area contributed by atoms with E-state index in [1.165, 1.54) is 34.8 Å². The van der Waals surface area contributed by atoms with E-state index in [0.717, 1.165) is 19.5 Å². The van der Waals surface area contributed by atoms with Crippen LogP contribution in [-0.4, -0.2) is 34.6 Å². The Kier molecular flexibility index (Phi) is 4.72. The molecule has 1 aliphatic rings. The lowest BCUT2D eigenvalue weighted by Crippen LogP contribution is -2.19. The molecule has 1 N–H and O–H groups in total. The van der Waals surface area contributed by atoms with Gasteiger partial charge in [0, 0.05) is 11.3 Å². The van der Waals surface area contributed by atoms with Crippen molar-refractivity contribution in [3.8, 4) is 0 Å². The molecule has 100 valence electrons. The molecule has 5 heteroatoms. The second kappa shape index (κ2) is 6.29. The summed E-state index contributed by atoms with van der Waals surface area (Å²) in [7, 11) is 2.03. The first-order chi connectivity index (χ1) is 8.65. The Bertz CT molecular complexity index is 394. The highest BCUT2D eigenvalue weighted by molar-refractivity contribution is 7.11. The third kappa shape index (κ3) is 3.78. The molecule has 1 aromatic heterocycles. The number of aliphatic carboxylic acids is 1. The minimum atomic E-state index is -0.715. The van der Waals surface area contributed by atoms with Crippen LogP contribution in [0, 0.1) is 0 Å². The molecule has 18 heavy (non-hydrogen) atoms. The molecule has 0 unspecified atom stereocenters. The summed E-state index contributed by atoms with van der Waals surface area (Å²) in [5.41, 5.74) is 1.31. The molecular weight excluding hydrogens is 248 g/mol. The van der Waals surface area contributed by atoms with Gasteiger partial charge in [0.1, 0.15) is 5.01 Å². The van der Waals surface area contributed by atoms with Crippen molar-refractivity contribution >= 4 is 17.3 Å². The number of rotatable bonds is 6. The molecule has 1 heterocycles. The third-order valence-corrected chi connectivity index (χ3v) is 4.37. The summed E-state index contributed by atoms with van der Waals surface area (Å²) in [6.45, 7) is 1.66. The van der Waals surface area contributed by atoms with Gasteiger partial charge in [-0.2, -0.15) is 0 Å². The Morgan fingerprint density at radius 3 is 2.94 bits per heavy atom. The Labute approximate surface area is 112 Å². The molecule has 0 bridgehead atoms. The molecular formula is C13H20N2O2S. The van der Waals surface area contributed by atoms with Gasteiger partial charge < -0.3 is 5.11 Å². The van der Waals surface area contributed by atoms with E-state index in [9.17, 15) is 4.79 Å². The van der Waals surface area contributed by atoms with E-state index in [4.69, 9.17) is 10.1 Å². The van der Waals surface area contributed by atoms with Crippen LogP contribution in [0.4, 0.5) is 0 Å². The Morgan fingerprint density at radius 1 is 1.44 bits per heavy atom. The van der Waals surface area contributed by atoms with Gasteiger partial charge in [0.15, 0.2) is 0 Å². The van der Waals surface area contributed by atoms with Crippen molar-refractivity contribution < 1.29 is 9.90 Å². The first-order valence-electron chi connectivity index (χ1n) is 6.53. The number of thiazole rings is 1. The minimum absolute atomic E-state index is 0.249. The summed E-state index contributed by atoms with van der Waals surface area (Å²) in [5.74, 6) is -0.715. The van der Waals surface area contributed by atoms with E-state index in [0.29, 0.717) is 6.42 Å². The lowest BCUT2D eigenvalue weighted by Gasteiger charge is -2.13. The number of carbonyl (C=O) groups is 1. The van der Waals surface area contributed by atoms with Crippen LogP contribution in [0.15, 0.2) is 0 Å². The van der Waals surface area contributed by atoms with Gasteiger partial charge in [0.2, 0.25) is 0 Å². The van der Waals surface area contributed by atoms with Gasteiger partial charge in [-0.15, -0.1) is 11.3 Å². The van der Waals surface area contributed by atoms with Gasteiger partial charge in [-0.05, 0) is 45.7 Å². The standard InChI is InChI=1S/C13H20N2O2S/c1-15(8-4-7-13(16)17)9-12-14-10-5-2-3-6-11(10)18-12/h2-9H2,1H3,(H,16,17). The zero-order chi connectivity index (χ0) is 13.0. The minimum Gasteiger partial charge on any atom is -0.481 e. The van der Waals surface area contributed by atoms with E-state index < -0.39 is 5.97 Å². The van der Waals surface area contributed by atoms with E-state index in [-0.39, 0.29) is 6.42 Å². The van der Waals surface area contributed by atoms with Gasteiger partial charge in [-0.3, -0.25) is 9.69 Å². The molecule has 0 atom stereocenters. The maximum Gasteiger partial charge on any atom is 0.303 e. The first kappa shape index (κ1) is 13.5.